The lowest BCUT2D eigenvalue weighted by molar-refractivity contribution is 0.00458. The number of hydrogen-bond donors (Lipinski definition) is 1. The molecular weight excluding hydrogens is 340 g/mol. The molecule has 0 aromatic heterocycles. The minimum Gasteiger partial charge on any atom is -0.504 e. The monoisotopic (exact) mass is 370 g/mol. The molecule has 4 heteroatoms. The zero-order valence-corrected chi connectivity index (χ0v) is 16.9. The second kappa shape index (κ2) is 7.79. The fourth-order valence-corrected chi connectivity index (χ4v) is 4.48. The number of benzene rings is 1. The van der Waals surface area contributed by atoms with E-state index in [9.17, 15) is 9.90 Å². The van der Waals surface area contributed by atoms with E-state index >= 15 is 0 Å². The number of phenolic OH excluding ortho intramolecular Hbond substituents is 1. The first kappa shape index (κ1) is 19.5. The van der Waals surface area contributed by atoms with Crippen molar-refractivity contribution in [2.75, 3.05) is 7.11 Å². The third-order valence-electron chi connectivity index (χ3n) is 6.19. The summed E-state index contributed by atoms with van der Waals surface area (Å²) in [5.74, 6) is 1.17. The number of aromatic hydroxyl groups is 1. The van der Waals surface area contributed by atoms with Gasteiger partial charge in [0.2, 0.25) is 0 Å². The number of phenols is 1. The Labute approximate surface area is 161 Å². The van der Waals surface area contributed by atoms with Crippen molar-refractivity contribution >= 4 is 5.97 Å². The van der Waals surface area contributed by atoms with E-state index < -0.39 is 0 Å². The fraction of sp³-hybridized carbons (Fsp3) is 0.522. The molecule has 27 heavy (non-hydrogen) atoms. The SMILES string of the molecule is COc1cc(C(=O)O[C@H]2CC(C)=C3CC=C(C)[C@H]3C[C@@H]2C(C)C)ccc1O. The molecule has 0 radical (unpaired) electrons. The predicted molar refractivity (Wildman–Crippen MR) is 106 cm³/mol. The molecule has 0 fully saturated rings. The van der Waals surface area contributed by atoms with Crippen molar-refractivity contribution in [3.63, 3.8) is 0 Å². The average molecular weight is 370 g/mol. The highest BCUT2D eigenvalue weighted by Gasteiger charge is 2.37. The van der Waals surface area contributed by atoms with E-state index in [1.807, 2.05) is 0 Å². The second-order valence-corrected chi connectivity index (χ2v) is 8.19. The first-order valence-electron chi connectivity index (χ1n) is 9.75. The number of rotatable bonds is 4. The number of carbonyl (C=O) groups is 1. The van der Waals surface area contributed by atoms with Gasteiger partial charge in [-0.1, -0.05) is 36.6 Å². The van der Waals surface area contributed by atoms with Crippen LogP contribution in [0.15, 0.2) is 41.0 Å². The summed E-state index contributed by atoms with van der Waals surface area (Å²) in [4.78, 5) is 12.8. The Morgan fingerprint density at radius 1 is 1.26 bits per heavy atom. The van der Waals surface area contributed by atoms with Crippen LogP contribution in [0, 0.1) is 17.8 Å². The average Bonchev–Trinajstić information content (AvgIpc) is 2.92. The van der Waals surface area contributed by atoms with Gasteiger partial charge in [-0.15, -0.1) is 0 Å². The van der Waals surface area contributed by atoms with Gasteiger partial charge < -0.3 is 14.6 Å². The van der Waals surface area contributed by atoms with Gasteiger partial charge in [0, 0.05) is 12.3 Å². The molecule has 3 rings (SSSR count). The summed E-state index contributed by atoms with van der Waals surface area (Å²) in [5.41, 5.74) is 4.73. The van der Waals surface area contributed by atoms with E-state index in [1.165, 1.54) is 36.0 Å². The molecule has 2 aliphatic rings. The standard InChI is InChI=1S/C23H30O4/c1-13(2)18-12-19-14(3)6-8-17(19)15(4)10-21(18)27-23(25)16-7-9-20(24)22(11-16)26-5/h6-7,9,11,13,18-19,21,24H,8,10,12H2,1-5H3/t18-,19-,21+/m1/s1. The molecule has 1 aromatic rings. The number of methoxy groups -OCH3 is 1. The molecule has 2 aliphatic carbocycles. The van der Waals surface area contributed by atoms with Gasteiger partial charge in [0.05, 0.1) is 12.7 Å². The van der Waals surface area contributed by atoms with Crippen molar-refractivity contribution in [1.29, 1.82) is 0 Å². The van der Waals surface area contributed by atoms with Crippen LogP contribution in [-0.2, 0) is 4.74 Å². The van der Waals surface area contributed by atoms with Crippen molar-refractivity contribution in [2.45, 2.75) is 53.1 Å². The molecule has 146 valence electrons. The third-order valence-corrected chi connectivity index (χ3v) is 6.19. The van der Waals surface area contributed by atoms with Crippen molar-refractivity contribution < 1.29 is 19.4 Å². The maximum atomic E-state index is 12.8. The van der Waals surface area contributed by atoms with Crippen molar-refractivity contribution in [2.24, 2.45) is 17.8 Å². The molecule has 4 nitrogen and oxygen atoms in total. The molecule has 0 amide bonds. The van der Waals surface area contributed by atoms with Gasteiger partial charge in [0.25, 0.3) is 0 Å². The quantitative estimate of drug-likeness (QED) is 0.579. The van der Waals surface area contributed by atoms with Gasteiger partial charge in [-0.25, -0.2) is 4.79 Å². The summed E-state index contributed by atoms with van der Waals surface area (Å²) in [7, 11) is 1.47. The van der Waals surface area contributed by atoms with E-state index in [1.54, 1.807) is 6.07 Å². The maximum absolute atomic E-state index is 12.8. The van der Waals surface area contributed by atoms with Gasteiger partial charge in [-0.3, -0.25) is 0 Å². The topological polar surface area (TPSA) is 55.8 Å². The molecule has 0 unspecified atom stereocenters. The molecule has 1 N–H and O–H groups in total. The van der Waals surface area contributed by atoms with Gasteiger partial charge in [0.15, 0.2) is 11.5 Å². The van der Waals surface area contributed by atoms with Crippen LogP contribution in [0.3, 0.4) is 0 Å². The molecule has 0 saturated carbocycles. The fourth-order valence-electron chi connectivity index (χ4n) is 4.48. The Morgan fingerprint density at radius 2 is 2.00 bits per heavy atom. The van der Waals surface area contributed by atoms with Crippen LogP contribution < -0.4 is 4.74 Å². The van der Waals surface area contributed by atoms with Gasteiger partial charge in [-0.2, -0.15) is 0 Å². The number of fused-ring (bicyclic) bond motifs is 1. The van der Waals surface area contributed by atoms with Crippen LogP contribution in [0.25, 0.3) is 0 Å². The Balaban J connectivity index is 1.84. The van der Waals surface area contributed by atoms with Crippen molar-refractivity contribution in [3.8, 4) is 11.5 Å². The molecule has 3 atom stereocenters. The van der Waals surface area contributed by atoms with E-state index in [2.05, 4.69) is 33.8 Å². The molecule has 1 aromatic carbocycles. The number of carbonyl (C=O) groups excluding carboxylic acids is 1. The maximum Gasteiger partial charge on any atom is 0.338 e. The zero-order valence-electron chi connectivity index (χ0n) is 16.9. The highest BCUT2D eigenvalue weighted by molar-refractivity contribution is 5.90. The number of allylic oxidation sites excluding steroid dienone is 3. The summed E-state index contributed by atoms with van der Waals surface area (Å²) in [6.45, 7) is 8.83. The summed E-state index contributed by atoms with van der Waals surface area (Å²) < 4.78 is 11.1. The predicted octanol–water partition coefficient (Wildman–Crippen LogP) is 5.27. The number of hydrogen-bond acceptors (Lipinski definition) is 4. The van der Waals surface area contributed by atoms with Crippen molar-refractivity contribution in [3.05, 3.63) is 46.6 Å². The molecule has 0 spiro atoms. The van der Waals surface area contributed by atoms with Crippen LogP contribution >= 0.6 is 0 Å². The lowest BCUT2D eigenvalue weighted by Gasteiger charge is -2.30. The van der Waals surface area contributed by atoms with Gasteiger partial charge >= 0.3 is 5.97 Å². The van der Waals surface area contributed by atoms with Gasteiger partial charge in [0.1, 0.15) is 6.10 Å². The smallest absolute Gasteiger partial charge is 0.338 e. The first-order chi connectivity index (χ1) is 12.8. The number of ether oxygens (including phenoxy) is 2. The van der Waals surface area contributed by atoms with Crippen LogP contribution in [0.4, 0.5) is 0 Å². The summed E-state index contributed by atoms with van der Waals surface area (Å²) in [6, 6.07) is 4.58. The third kappa shape index (κ3) is 3.90. The molecule has 0 saturated heterocycles. The van der Waals surface area contributed by atoms with E-state index in [0.717, 1.165) is 19.3 Å². The summed E-state index contributed by atoms with van der Waals surface area (Å²) in [5, 5.41) is 9.75. The largest absolute Gasteiger partial charge is 0.504 e. The Kier molecular flexibility index (Phi) is 5.64. The lowest BCUT2D eigenvalue weighted by atomic mass is 9.81. The van der Waals surface area contributed by atoms with Crippen LogP contribution in [0.5, 0.6) is 11.5 Å². The first-order valence-corrected chi connectivity index (χ1v) is 9.75. The Hall–Kier alpha value is -2.23. The summed E-state index contributed by atoms with van der Waals surface area (Å²) >= 11 is 0. The van der Waals surface area contributed by atoms with E-state index in [-0.39, 0.29) is 23.6 Å². The molecule has 0 aliphatic heterocycles. The van der Waals surface area contributed by atoms with Crippen LogP contribution in [0.1, 0.15) is 57.3 Å². The molecular formula is C23H30O4. The normalized spacial score (nSPS) is 25.1. The van der Waals surface area contributed by atoms with E-state index in [4.69, 9.17) is 9.47 Å². The van der Waals surface area contributed by atoms with Gasteiger partial charge in [-0.05, 0) is 56.7 Å². The Morgan fingerprint density at radius 3 is 2.67 bits per heavy atom. The lowest BCUT2D eigenvalue weighted by Crippen LogP contribution is -2.31. The van der Waals surface area contributed by atoms with Crippen LogP contribution in [-0.4, -0.2) is 24.3 Å². The van der Waals surface area contributed by atoms with E-state index in [0.29, 0.717) is 23.3 Å². The Bertz CT molecular complexity index is 788. The number of esters is 1. The molecule has 0 bridgehead atoms. The minimum absolute atomic E-state index is 0.0132. The molecule has 0 heterocycles. The minimum atomic E-state index is -0.360. The van der Waals surface area contributed by atoms with Crippen molar-refractivity contribution in [1.82, 2.24) is 0 Å². The summed E-state index contributed by atoms with van der Waals surface area (Å²) in [6.07, 6.45) is 5.06. The zero-order chi connectivity index (χ0) is 19.7. The van der Waals surface area contributed by atoms with Crippen LogP contribution in [0.2, 0.25) is 0 Å². The second-order valence-electron chi connectivity index (χ2n) is 8.19. The highest BCUT2D eigenvalue weighted by Crippen LogP contribution is 2.45. The highest BCUT2D eigenvalue weighted by atomic mass is 16.5.